The van der Waals surface area contributed by atoms with Crippen LogP contribution in [0.4, 0.5) is 0 Å². The molecule has 0 atom stereocenters. The Morgan fingerprint density at radius 2 is 2.26 bits per heavy atom. The van der Waals surface area contributed by atoms with E-state index in [2.05, 4.69) is 32.3 Å². The highest BCUT2D eigenvalue weighted by molar-refractivity contribution is 9.10. The van der Waals surface area contributed by atoms with Crippen LogP contribution in [0, 0.1) is 0 Å². The van der Waals surface area contributed by atoms with E-state index in [4.69, 9.17) is 0 Å². The molecule has 1 aliphatic carbocycles. The topological polar surface area (TPSA) is 42.0 Å². The van der Waals surface area contributed by atoms with Crippen LogP contribution in [0.5, 0.6) is 0 Å². The molecule has 0 unspecified atom stereocenters. The summed E-state index contributed by atoms with van der Waals surface area (Å²) in [6.07, 6.45) is 6.91. The van der Waals surface area contributed by atoms with Gasteiger partial charge >= 0.3 is 0 Å². The average Bonchev–Trinajstić information content (AvgIpc) is 2.96. The monoisotopic (exact) mass is 336 g/mol. The Morgan fingerprint density at radius 3 is 3.05 bits per heavy atom. The molecule has 3 nitrogen and oxygen atoms in total. The second kappa shape index (κ2) is 5.43. The largest absolute Gasteiger partial charge is 0.347 e. The third-order valence-corrected chi connectivity index (χ3v) is 4.86. The van der Waals surface area contributed by atoms with Gasteiger partial charge < -0.3 is 5.32 Å². The fourth-order valence-electron chi connectivity index (χ4n) is 2.28. The number of carbonyl (C=O) groups is 1. The van der Waals surface area contributed by atoms with Crippen LogP contribution in [0.25, 0.3) is 0 Å². The molecule has 2 aromatic rings. The highest BCUT2D eigenvalue weighted by atomic mass is 79.9. The van der Waals surface area contributed by atoms with Crippen molar-refractivity contribution in [3.05, 3.63) is 49.9 Å². The number of pyridine rings is 1. The van der Waals surface area contributed by atoms with Crippen molar-refractivity contribution in [2.45, 2.75) is 25.8 Å². The van der Waals surface area contributed by atoms with Crippen LogP contribution < -0.4 is 5.32 Å². The molecule has 1 N–H and O–H groups in total. The van der Waals surface area contributed by atoms with Gasteiger partial charge in [-0.1, -0.05) is 0 Å². The first-order valence-electron chi connectivity index (χ1n) is 6.21. The number of halogens is 1. The van der Waals surface area contributed by atoms with Gasteiger partial charge in [0.1, 0.15) is 0 Å². The van der Waals surface area contributed by atoms with Gasteiger partial charge in [-0.05, 0) is 52.9 Å². The molecule has 0 spiro atoms. The lowest BCUT2D eigenvalue weighted by Crippen LogP contribution is -2.22. The highest BCUT2D eigenvalue weighted by Gasteiger charge is 2.15. The lowest BCUT2D eigenvalue weighted by Gasteiger charge is -2.03. The van der Waals surface area contributed by atoms with Gasteiger partial charge in [0, 0.05) is 26.6 Å². The number of amides is 1. The van der Waals surface area contributed by atoms with Gasteiger partial charge in [0.15, 0.2) is 0 Å². The van der Waals surface area contributed by atoms with Crippen LogP contribution >= 0.6 is 27.3 Å². The van der Waals surface area contributed by atoms with Gasteiger partial charge in [0.2, 0.25) is 0 Å². The lowest BCUT2D eigenvalue weighted by atomic mass is 10.2. The molecular weight excluding hydrogens is 324 g/mol. The van der Waals surface area contributed by atoms with Crippen molar-refractivity contribution >= 4 is 33.2 Å². The highest BCUT2D eigenvalue weighted by Crippen LogP contribution is 2.30. The summed E-state index contributed by atoms with van der Waals surface area (Å²) in [4.78, 5) is 18.7. The van der Waals surface area contributed by atoms with Gasteiger partial charge in [-0.3, -0.25) is 9.78 Å². The molecule has 98 valence electrons. The summed E-state index contributed by atoms with van der Waals surface area (Å²) in [7, 11) is 0. The molecule has 0 radical (unpaired) electrons. The summed E-state index contributed by atoms with van der Waals surface area (Å²) >= 11 is 5.14. The summed E-state index contributed by atoms with van der Waals surface area (Å²) in [5.74, 6) is -0.0811. The Hall–Kier alpha value is -1.20. The molecule has 19 heavy (non-hydrogen) atoms. The second-order valence-electron chi connectivity index (χ2n) is 4.59. The van der Waals surface area contributed by atoms with E-state index < -0.39 is 0 Å². The number of fused-ring (bicyclic) bond motifs is 1. The van der Waals surface area contributed by atoms with Crippen LogP contribution in [0.1, 0.15) is 32.1 Å². The zero-order valence-electron chi connectivity index (χ0n) is 10.3. The van der Waals surface area contributed by atoms with Crippen molar-refractivity contribution in [2.24, 2.45) is 0 Å². The smallest absolute Gasteiger partial charge is 0.253 e. The number of rotatable bonds is 3. The van der Waals surface area contributed by atoms with E-state index in [1.54, 1.807) is 18.5 Å². The third kappa shape index (κ3) is 2.87. The molecule has 0 saturated heterocycles. The first kappa shape index (κ1) is 12.8. The zero-order chi connectivity index (χ0) is 13.2. The average molecular weight is 337 g/mol. The van der Waals surface area contributed by atoms with Crippen LogP contribution in [0.2, 0.25) is 0 Å². The van der Waals surface area contributed by atoms with E-state index in [1.807, 2.05) is 11.3 Å². The van der Waals surface area contributed by atoms with E-state index in [0.29, 0.717) is 12.1 Å². The Balaban J connectivity index is 1.64. The van der Waals surface area contributed by atoms with E-state index in [0.717, 1.165) is 4.47 Å². The van der Waals surface area contributed by atoms with E-state index >= 15 is 0 Å². The number of aryl methyl sites for hydroxylation is 2. The third-order valence-electron chi connectivity index (χ3n) is 3.19. The van der Waals surface area contributed by atoms with E-state index in [1.165, 1.54) is 34.6 Å². The van der Waals surface area contributed by atoms with Crippen molar-refractivity contribution in [1.82, 2.24) is 10.3 Å². The molecule has 1 amide bonds. The predicted octanol–water partition coefficient (Wildman–Crippen LogP) is 3.32. The minimum Gasteiger partial charge on any atom is -0.347 e. The van der Waals surface area contributed by atoms with Crippen LogP contribution in [-0.4, -0.2) is 10.9 Å². The molecule has 0 fully saturated rings. The molecule has 2 heterocycles. The lowest BCUT2D eigenvalue weighted by molar-refractivity contribution is 0.0951. The van der Waals surface area contributed by atoms with Crippen molar-refractivity contribution < 1.29 is 4.79 Å². The molecule has 1 aliphatic rings. The molecular formula is C14H13BrN2OS. The molecule has 0 aliphatic heterocycles. The molecule has 0 aromatic carbocycles. The number of thiophene rings is 1. The first-order valence-corrected chi connectivity index (χ1v) is 7.82. The van der Waals surface area contributed by atoms with Crippen LogP contribution in [0.3, 0.4) is 0 Å². The Bertz CT molecular complexity index is 602. The maximum atomic E-state index is 12.0. The summed E-state index contributed by atoms with van der Waals surface area (Å²) in [5.41, 5.74) is 2.05. The summed E-state index contributed by atoms with van der Waals surface area (Å²) in [6.45, 7) is 0.600. The Labute approximate surface area is 124 Å². The molecule has 5 heteroatoms. The quantitative estimate of drug-likeness (QED) is 0.934. The minimum absolute atomic E-state index is 0.0811. The number of hydrogen-bond donors (Lipinski definition) is 1. The Morgan fingerprint density at radius 1 is 1.37 bits per heavy atom. The molecule has 2 aromatic heterocycles. The van der Waals surface area contributed by atoms with Gasteiger partial charge in [-0.15, -0.1) is 11.3 Å². The normalized spacial score (nSPS) is 13.3. The maximum Gasteiger partial charge on any atom is 0.253 e. The number of nitrogens with zero attached hydrogens (tertiary/aromatic N) is 1. The van der Waals surface area contributed by atoms with E-state index in [9.17, 15) is 4.79 Å². The number of aromatic nitrogens is 1. The van der Waals surface area contributed by atoms with Crippen molar-refractivity contribution in [3.8, 4) is 0 Å². The predicted molar refractivity (Wildman–Crippen MR) is 79.5 cm³/mol. The summed E-state index contributed by atoms with van der Waals surface area (Å²) in [5, 5.41) is 2.94. The van der Waals surface area contributed by atoms with Crippen LogP contribution in [0.15, 0.2) is 29.0 Å². The zero-order valence-corrected chi connectivity index (χ0v) is 12.7. The van der Waals surface area contributed by atoms with Crippen molar-refractivity contribution in [3.63, 3.8) is 0 Å². The number of hydrogen-bond acceptors (Lipinski definition) is 3. The minimum atomic E-state index is -0.0811. The number of carbonyl (C=O) groups excluding carboxylic acids is 1. The van der Waals surface area contributed by atoms with Crippen molar-refractivity contribution in [1.29, 1.82) is 0 Å². The first-order chi connectivity index (χ1) is 9.22. The summed E-state index contributed by atoms with van der Waals surface area (Å²) < 4.78 is 0.815. The van der Waals surface area contributed by atoms with Gasteiger partial charge in [0.05, 0.1) is 12.1 Å². The van der Waals surface area contributed by atoms with Gasteiger partial charge in [-0.2, -0.15) is 0 Å². The molecule has 3 rings (SSSR count). The fourth-order valence-corrected chi connectivity index (χ4v) is 3.85. The van der Waals surface area contributed by atoms with E-state index in [-0.39, 0.29) is 5.91 Å². The summed E-state index contributed by atoms with van der Waals surface area (Å²) in [6, 6.07) is 4.00. The standard InChI is InChI=1S/C14H13BrN2OS/c15-11-4-10(6-16-7-11)14(18)17-8-12-5-9-2-1-3-13(9)19-12/h4-7H,1-3,8H2,(H,17,18). The molecule has 0 saturated carbocycles. The SMILES string of the molecule is O=C(NCc1cc2c(s1)CCC2)c1cncc(Br)c1. The Kier molecular flexibility index (Phi) is 3.66. The van der Waals surface area contributed by atoms with Gasteiger partial charge in [-0.25, -0.2) is 0 Å². The van der Waals surface area contributed by atoms with Crippen LogP contribution in [-0.2, 0) is 19.4 Å². The maximum absolute atomic E-state index is 12.0. The second-order valence-corrected chi connectivity index (χ2v) is 6.73. The number of nitrogens with one attached hydrogen (secondary N) is 1. The fraction of sp³-hybridized carbons (Fsp3) is 0.286. The molecule has 0 bridgehead atoms. The van der Waals surface area contributed by atoms with Crippen molar-refractivity contribution in [2.75, 3.05) is 0 Å². The van der Waals surface area contributed by atoms with Gasteiger partial charge in [0.25, 0.3) is 5.91 Å².